The number of nitrogens with one attached hydrogen (secondary N) is 1. The zero-order valence-corrected chi connectivity index (χ0v) is 18.3. The van der Waals surface area contributed by atoms with Crippen LogP contribution in [0.5, 0.6) is 0 Å². The molecule has 0 aliphatic rings. The van der Waals surface area contributed by atoms with E-state index in [2.05, 4.69) is 25.4 Å². The molecule has 4 rings (SSSR count). The van der Waals surface area contributed by atoms with Crippen LogP contribution >= 0.6 is 23.2 Å². The van der Waals surface area contributed by atoms with E-state index in [9.17, 15) is 18.0 Å². The first-order valence-electron chi connectivity index (χ1n) is 9.69. The van der Waals surface area contributed by atoms with E-state index in [-0.39, 0.29) is 0 Å². The number of fused-ring (bicyclic) bond motifs is 1. The molecule has 4 aromatic rings. The van der Waals surface area contributed by atoms with Gasteiger partial charge >= 0.3 is 6.18 Å². The van der Waals surface area contributed by atoms with Crippen molar-refractivity contribution in [2.75, 3.05) is 11.9 Å². The third-order valence-electron chi connectivity index (χ3n) is 4.71. The van der Waals surface area contributed by atoms with Gasteiger partial charge in [-0.15, -0.1) is 0 Å². The lowest BCUT2D eigenvalue weighted by Gasteiger charge is -2.11. The molecular weight excluding hydrogens is 480 g/mol. The molecule has 0 atom stereocenters. The van der Waals surface area contributed by atoms with Crippen molar-refractivity contribution >= 4 is 40.6 Å². The first-order valence-corrected chi connectivity index (χ1v) is 10.4. The largest absolute Gasteiger partial charge is 0.454 e. The number of carbonyl (C=O) groups is 1. The second-order valence-corrected chi connectivity index (χ2v) is 7.86. The molecule has 0 saturated heterocycles. The van der Waals surface area contributed by atoms with Crippen LogP contribution in [0.4, 0.5) is 19.1 Å². The lowest BCUT2D eigenvalue weighted by atomic mass is 10.1. The van der Waals surface area contributed by atoms with E-state index in [1.54, 1.807) is 28.8 Å². The summed E-state index contributed by atoms with van der Waals surface area (Å²) in [5.74, 6) is -1.46. The Hall–Kier alpha value is -3.24. The minimum Gasteiger partial charge on any atom is -0.354 e. The van der Waals surface area contributed by atoms with Gasteiger partial charge in [-0.1, -0.05) is 23.2 Å². The van der Waals surface area contributed by atoms with E-state index in [0.29, 0.717) is 58.0 Å². The number of Topliss-reactive ketones (excluding diaryl/α,β-unsaturated/α-hetero) is 1. The summed E-state index contributed by atoms with van der Waals surface area (Å²) in [5, 5.41) is 8.30. The Balaban J connectivity index is 1.43. The Morgan fingerprint density at radius 2 is 1.91 bits per heavy atom. The molecule has 1 N–H and O–H groups in total. The van der Waals surface area contributed by atoms with Gasteiger partial charge in [-0.05, 0) is 43.2 Å². The van der Waals surface area contributed by atoms with E-state index in [4.69, 9.17) is 23.2 Å². The van der Waals surface area contributed by atoms with Crippen LogP contribution in [0.1, 0.15) is 22.5 Å². The summed E-state index contributed by atoms with van der Waals surface area (Å²) >= 11 is 12.3. The lowest BCUT2D eigenvalue weighted by molar-refractivity contribution is -0.0885. The number of anilines is 1. The summed E-state index contributed by atoms with van der Waals surface area (Å²) in [5.41, 5.74) is 1.93. The van der Waals surface area contributed by atoms with Gasteiger partial charge in [0.1, 0.15) is 6.33 Å². The topological polar surface area (TPSA) is 85.1 Å². The summed E-state index contributed by atoms with van der Waals surface area (Å²) in [6, 6.07) is 9.40. The molecule has 0 spiro atoms. The number of carbonyl (C=O) groups excluding carboxylic acids is 1. The number of alkyl halides is 3. The molecule has 33 heavy (non-hydrogen) atoms. The van der Waals surface area contributed by atoms with E-state index >= 15 is 0 Å². The van der Waals surface area contributed by atoms with Crippen molar-refractivity contribution in [3.05, 3.63) is 70.2 Å². The first-order chi connectivity index (χ1) is 15.7. The van der Waals surface area contributed by atoms with Crippen molar-refractivity contribution in [1.29, 1.82) is 0 Å². The monoisotopic (exact) mass is 494 g/mol. The average molecular weight is 495 g/mol. The molecule has 3 heterocycles. The Labute approximate surface area is 195 Å². The van der Waals surface area contributed by atoms with Gasteiger partial charge in [0.15, 0.2) is 5.65 Å². The van der Waals surface area contributed by atoms with Crippen LogP contribution in [0.15, 0.2) is 48.9 Å². The number of ketones is 1. The van der Waals surface area contributed by atoms with E-state index in [0.717, 1.165) is 12.3 Å². The van der Waals surface area contributed by atoms with Gasteiger partial charge in [0.05, 0.1) is 10.7 Å². The molecule has 0 unspecified atom stereocenters. The molecular formula is C21H15Cl2F3N6O. The highest BCUT2D eigenvalue weighted by atomic mass is 35.5. The quantitative estimate of drug-likeness (QED) is 0.277. The molecule has 1 aromatic carbocycles. The number of hydrogen-bond acceptors (Lipinski definition) is 6. The van der Waals surface area contributed by atoms with Crippen molar-refractivity contribution < 1.29 is 18.0 Å². The fourth-order valence-electron chi connectivity index (χ4n) is 3.12. The molecule has 0 aliphatic heterocycles. The average Bonchev–Trinajstić information content (AvgIpc) is 3.25. The first kappa shape index (κ1) is 22.9. The molecule has 7 nitrogen and oxygen atoms in total. The summed E-state index contributed by atoms with van der Waals surface area (Å²) < 4.78 is 39.0. The van der Waals surface area contributed by atoms with Crippen LogP contribution in [0.2, 0.25) is 10.0 Å². The van der Waals surface area contributed by atoms with Crippen molar-refractivity contribution in [2.45, 2.75) is 19.0 Å². The Morgan fingerprint density at radius 1 is 1.09 bits per heavy atom. The van der Waals surface area contributed by atoms with Gasteiger partial charge in [0, 0.05) is 40.7 Å². The van der Waals surface area contributed by atoms with Crippen molar-refractivity contribution in [2.24, 2.45) is 0 Å². The SMILES string of the molecule is O=C(c1ccc(CCCNc2nc(-c3ccc(Cl)cc3Cl)cc3ncnn23)nc1)C(F)(F)F. The Morgan fingerprint density at radius 3 is 2.61 bits per heavy atom. The summed E-state index contributed by atoms with van der Waals surface area (Å²) in [4.78, 5) is 24.0. The number of rotatable bonds is 7. The number of pyridine rings is 1. The number of hydrogen-bond donors (Lipinski definition) is 1. The van der Waals surface area contributed by atoms with Crippen molar-refractivity contribution in [1.82, 2.24) is 24.6 Å². The molecule has 12 heteroatoms. The third-order valence-corrected chi connectivity index (χ3v) is 5.26. The summed E-state index contributed by atoms with van der Waals surface area (Å²) in [6.45, 7) is 0.477. The highest BCUT2D eigenvalue weighted by Gasteiger charge is 2.39. The van der Waals surface area contributed by atoms with E-state index in [1.165, 1.54) is 12.4 Å². The van der Waals surface area contributed by atoms with Gasteiger partial charge < -0.3 is 5.32 Å². The van der Waals surface area contributed by atoms with Crippen LogP contribution in [-0.2, 0) is 6.42 Å². The fraction of sp³-hybridized carbons (Fsp3) is 0.190. The molecule has 3 aromatic heterocycles. The standard InChI is InChI=1S/C21H15Cl2F3N6O/c22-13-4-6-15(16(23)8-13)17-9-18-29-11-30-32(18)20(31-17)27-7-1-2-14-5-3-12(10-28-14)19(33)21(24,25)26/h3-6,8-11H,1-2,7H2,(H,27,31). The third kappa shape index (κ3) is 5.23. The maximum Gasteiger partial charge on any atom is 0.454 e. The fourth-order valence-corrected chi connectivity index (χ4v) is 3.62. The van der Waals surface area contributed by atoms with Crippen LogP contribution in [0, 0.1) is 0 Å². The number of halogens is 5. The van der Waals surface area contributed by atoms with Crippen LogP contribution in [-0.4, -0.2) is 43.1 Å². The Kier molecular flexibility index (Phi) is 6.48. The summed E-state index contributed by atoms with van der Waals surface area (Å²) in [6.07, 6.45) is -1.49. The lowest BCUT2D eigenvalue weighted by Crippen LogP contribution is -2.22. The number of benzene rings is 1. The van der Waals surface area contributed by atoms with E-state index in [1.807, 2.05) is 0 Å². The zero-order valence-electron chi connectivity index (χ0n) is 16.8. The smallest absolute Gasteiger partial charge is 0.354 e. The maximum atomic E-state index is 12.5. The second kappa shape index (κ2) is 9.32. The Bertz CT molecular complexity index is 1310. The van der Waals surface area contributed by atoms with Gasteiger partial charge in [-0.3, -0.25) is 9.78 Å². The second-order valence-electron chi connectivity index (χ2n) is 7.01. The van der Waals surface area contributed by atoms with Crippen LogP contribution in [0.25, 0.3) is 16.9 Å². The molecule has 0 saturated carbocycles. The molecule has 0 radical (unpaired) electrons. The number of nitrogens with zero attached hydrogens (tertiary/aromatic N) is 5. The molecule has 0 fully saturated rings. The number of aromatic nitrogens is 5. The zero-order chi connectivity index (χ0) is 23.6. The highest BCUT2D eigenvalue weighted by molar-refractivity contribution is 6.36. The minimum atomic E-state index is -4.92. The minimum absolute atomic E-state index is 0.448. The van der Waals surface area contributed by atoms with Gasteiger partial charge in [0.2, 0.25) is 5.95 Å². The van der Waals surface area contributed by atoms with Gasteiger partial charge in [0.25, 0.3) is 5.78 Å². The molecule has 0 amide bonds. The molecule has 0 bridgehead atoms. The number of aryl methyl sites for hydroxylation is 1. The summed E-state index contributed by atoms with van der Waals surface area (Å²) in [7, 11) is 0. The molecule has 170 valence electrons. The predicted octanol–water partition coefficient (Wildman–Crippen LogP) is 5.28. The van der Waals surface area contributed by atoms with E-state index < -0.39 is 17.5 Å². The highest BCUT2D eigenvalue weighted by Crippen LogP contribution is 2.30. The van der Waals surface area contributed by atoms with Gasteiger partial charge in [-0.25, -0.2) is 9.97 Å². The van der Waals surface area contributed by atoms with Gasteiger partial charge in [-0.2, -0.15) is 22.8 Å². The van der Waals surface area contributed by atoms with Crippen molar-refractivity contribution in [3.63, 3.8) is 0 Å². The van der Waals surface area contributed by atoms with Crippen molar-refractivity contribution in [3.8, 4) is 11.3 Å². The normalized spacial score (nSPS) is 11.7. The predicted molar refractivity (Wildman–Crippen MR) is 118 cm³/mol. The molecule has 0 aliphatic carbocycles. The maximum absolute atomic E-state index is 12.5. The van der Waals surface area contributed by atoms with Crippen LogP contribution < -0.4 is 5.32 Å². The van der Waals surface area contributed by atoms with Crippen LogP contribution in [0.3, 0.4) is 0 Å².